The van der Waals surface area contributed by atoms with Crippen LogP contribution in [0.2, 0.25) is 0 Å². The zero-order chi connectivity index (χ0) is 7.61. The van der Waals surface area contributed by atoms with Gasteiger partial charge in [-0.15, -0.1) is 0 Å². The maximum Gasteiger partial charge on any atom is 0.0655 e. The van der Waals surface area contributed by atoms with Gasteiger partial charge < -0.3 is 4.74 Å². The second-order valence-electron chi connectivity index (χ2n) is 3.73. The van der Waals surface area contributed by atoms with Crippen LogP contribution in [0.4, 0.5) is 0 Å². The molecule has 1 saturated heterocycles. The van der Waals surface area contributed by atoms with Crippen molar-refractivity contribution in [3.05, 3.63) is 0 Å². The van der Waals surface area contributed by atoms with Crippen molar-refractivity contribution in [1.29, 1.82) is 0 Å². The average Bonchev–Trinajstić information content (AvgIpc) is 2.13. The highest BCUT2D eigenvalue weighted by Crippen LogP contribution is 2.34. The van der Waals surface area contributed by atoms with Crippen molar-refractivity contribution < 1.29 is 4.74 Å². The summed E-state index contributed by atoms with van der Waals surface area (Å²) < 4.78 is 5.61. The highest BCUT2D eigenvalue weighted by Gasteiger charge is 2.34. The Hall–Kier alpha value is -0.0400. The van der Waals surface area contributed by atoms with E-state index >= 15 is 0 Å². The molecule has 0 aromatic carbocycles. The number of rotatable bonds is 2. The molecule has 1 aliphatic heterocycles. The Bertz CT molecular complexity index is 107. The third-order valence-corrected chi connectivity index (χ3v) is 2.56. The summed E-state index contributed by atoms with van der Waals surface area (Å²) >= 11 is 0. The van der Waals surface area contributed by atoms with Gasteiger partial charge in [0.15, 0.2) is 0 Å². The molecular formula is C9H18O. The maximum absolute atomic E-state index is 5.61. The van der Waals surface area contributed by atoms with E-state index in [2.05, 4.69) is 20.8 Å². The van der Waals surface area contributed by atoms with Gasteiger partial charge in [-0.1, -0.05) is 13.3 Å². The molecule has 0 aromatic heterocycles. The first-order chi connectivity index (χ1) is 4.67. The van der Waals surface area contributed by atoms with Gasteiger partial charge in [0.1, 0.15) is 0 Å². The molecule has 1 fully saturated rings. The van der Waals surface area contributed by atoms with Crippen LogP contribution in [0, 0.1) is 5.92 Å². The molecule has 1 heteroatoms. The van der Waals surface area contributed by atoms with Crippen molar-refractivity contribution in [3.63, 3.8) is 0 Å². The Morgan fingerprint density at radius 1 is 1.50 bits per heavy atom. The molecule has 10 heavy (non-hydrogen) atoms. The first kappa shape index (κ1) is 8.06. The third-order valence-electron chi connectivity index (χ3n) is 2.56. The van der Waals surface area contributed by atoms with Gasteiger partial charge in [0.05, 0.1) is 5.60 Å². The molecule has 0 spiro atoms. The normalized spacial score (nSPS) is 30.9. The lowest BCUT2D eigenvalue weighted by Crippen LogP contribution is -2.26. The van der Waals surface area contributed by atoms with Gasteiger partial charge in [0.25, 0.3) is 0 Å². The summed E-state index contributed by atoms with van der Waals surface area (Å²) in [7, 11) is 0. The molecule has 1 nitrogen and oxygen atoms in total. The lowest BCUT2D eigenvalue weighted by atomic mass is 9.87. The second kappa shape index (κ2) is 2.91. The molecule has 0 amide bonds. The van der Waals surface area contributed by atoms with E-state index in [1.165, 1.54) is 19.3 Å². The molecule has 0 N–H and O–H groups in total. The first-order valence-electron chi connectivity index (χ1n) is 4.31. The van der Waals surface area contributed by atoms with E-state index < -0.39 is 0 Å². The van der Waals surface area contributed by atoms with Crippen LogP contribution in [-0.4, -0.2) is 12.2 Å². The molecular weight excluding hydrogens is 124 g/mol. The van der Waals surface area contributed by atoms with Gasteiger partial charge in [-0.3, -0.25) is 0 Å². The van der Waals surface area contributed by atoms with Gasteiger partial charge in [0, 0.05) is 6.61 Å². The topological polar surface area (TPSA) is 9.23 Å². The Labute approximate surface area is 63.8 Å². The predicted octanol–water partition coefficient (Wildman–Crippen LogP) is 2.60. The van der Waals surface area contributed by atoms with Crippen LogP contribution in [0.15, 0.2) is 0 Å². The molecule has 0 radical (unpaired) electrons. The summed E-state index contributed by atoms with van der Waals surface area (Å²) in [5.41, 5.74) is 0.163. The van der Waals surface area contributed by atoms with Crippen molar-refractivity contribution >= 4 is 0 Å². The number of hydrogen-bond acceptors (Lipinski definition) is 1. The van der Waals surface area contributed by atoms with Gasteiger partial charge in [-0.05, 0) is 32.6 Å². The zero-order valence-corrected chi connectivity index (χ0v) is 7.31. The monoisotopic (exact) mass is 142 g/mol. The van der Waals surface area contributed by atoms with Crippen molar-refractivity contribution in [2.75, 3.05) is 6.61 Å². The van der Waals surface area contributed by atoms with E-state index in [4.69, 9.17) is 4.74 Å². The molecule has 60 valence electrons. The Morgan fingerprint density at radius 2 is 2.20 bits per heavy atom. The second-order valence-corrected chi connectivity index (χ2v) is 3.73. The quantitative estimate of drug-likeness (QED) is 0.576. The molecule has 1 heterocycles. The Morgan fingerprint density at radius 3 is 2.60 bits per heavy atom. The largest absolute Gasteiger partial charge is 0.375 e. The van der Waals surface area contributed by atoms with Gasteiger partial charge >= 0.3 is 0 Å². The van der Waals surface area contributed by atoms with E-state index in [1.807, 2.05) is 0 Å². The summed E-state index contributed by atoms with van der Waals surface area (Å²) in [5, 5.41) is 0. The van der Waals surface area contributed by atoms with E-state index in [-0.39, 0.29) is 5.60 Å². The van der Waals surface area contributed by atoms with Crippen LogP contribution >= 0.6 is 0 Å². The standard InChI is InChI=1S/C9H18O/c1-4-5-8-6-7-10-9(8,2)3/h8H,4-7H2,1-3H3. The minimum absolute atomic E-state index is 0.163. The molecule has 1 aliphatic rings. The minimum atomic E-state index is 0.163. The average molecular weight is 142 g/mol. The SMILES string of the molecule is CCCC1CCOC1(C)C. The van der Waals surface area contributed by atoms with Crippen LogP contribution in [0.1, 0.15) is 40.0 Å². The minimum Gasteiger partial charge on any atom is -0.375 e. The van der Waals surface area contributed by atoms with E-state index in [1.54, 1.807) is 0 Å². The lowest BCUT2D eigenvalue weighted by Gasteiger charge is -2.25. The van der Waals surface area contributed by atoms with Crippen molar-refractivity contribution in [3.8, 4) is 0 Å². The highest BCUT2D eigenvalue weighted by atomic mass is 16.5. The zero-order valence-electron chi connectivity index (χ0n) is 7.31. The summed E-state index contributed by atoms with van der Waals surface area (Å²) in [6.45, 7) is 7.63. The van der Waals surface area contributed by atoms with Crippen LogP contribution in [0.3, 0.4) is 0 Å². The Kier molecular flexibility index (Phi) is 2.35. The van der Waals surface area contributed by atoms with Gasteiger partial charge in [0.2, 0.25) is 0 Å². The summed E-state index contributed by atoms with van der Waals surface area (Å²) in [6.07, 6.45) is 3.88. The van der Waals surface area contributed by atoms with Crippen LogP contribution < -0.4 is 0 Å². The van der Waals surface area contributed by atoms with Crippen molar-refractivity contribution in [2.45, 2.75) is 45.6 Å². The van der Waals surface area contributed by atoms with Crippen molar-refractivity contribution in [1.82, 2.24) is 0 Å². The van der Waals surface area contributed by atoms with Gasteiger partial charge in [-0.2, -0.15) is 0 Å². The summed E-state index contributed by atoms with van der Waals surface area (Å²) in [5.74, 6) is 0.803. The molecule has 1 atom stereocenters. The Balaban J connectivity index is 2.43. The smallest absolute Gasteiger partial charge is 0.0655 e. The van der Waals surface area contributed by atoms with Crippen LogP contribution in [-0.2, 0) is 4.74 Å². The number of ether oxygens (including phenoxy) is 1. The molecule has 1 rings (SSSR count). The lowest BCUT2D eigenvalue weighted by molar-refractivity contribution is 0.00910. The highest BCUT2D eigenvalue weighted by molar-refractivity contribution is 4.83. The fraction of sp³-hybridized carbons (Fsp3) is 1.00. The molecule has 0 bridgehead atoms. The molecule has 0 saturated carbocycles. The van der Waals surface area contributed by atoms with Crippen molar-refractivity contribution in [2.24, 2.45) is 5.92 Å². The predicted molar refractivity (Wildman–Crippen MR) is 43.0 cm³/mol. The van der Waals surface area contributed by atoms with Gasteiger partial charge in [-0.25, -0.2) is 0 Å². The van der Waals surface area contributed by atoms with Crippen LogP contribution in [0.5, 0.6) is 0 Å². The van der Waals surface area contributed by atoms with E-state index in [9.17, 15) is 0 Å². The summed E-state index contributed by atoms with van der Waals surface area (Å²) in [6, 6.07) is 0. The number of hydrogen-bond donors (Lipinski definition) is 0. The third kappa shape index (κ3) is 1.51. The van der Waals surface area contributed by atoms with E-state index in [0.717, 1.165) is 12.5 Å². The molecule has 1 unspecified atom stereocenters. The fourth-order valence-electron chi connectivity index (χ4n) is 1.77. The maximum atomic E-state index is 5.61. The first-order valence-corrected chi connectivity index (χ1v) is 4.31. The molecule has 0 aliphatic carbocycles. The van der Waals surface area contributed by atoms with E-state index in [0.29, 0.717) is 0 Å². The molecule has 0 aromatic rings. The fourth-order valence-corrected chi connectivity index (χ4v) is 1.77. The van der Waals surface area contributed by atoms with Crippen LogP contribution in [0.25, 0.3) is 0 Å². The summed E-state index contributed by atoms with van der Waals surface area (Å²) in [4.78, 5) is 0.